The molecule has 1 aromatic heterocycles. The summed E-state index contributed by atoms with van der Waals surface area (Å²) in [5.41, 5.74) is 4.54. The standard InChI is InChI=1S/C31H47NO8/c1-10-19(4)24(33)20(5)16-18(3)13-11-12-17(2)14-15-23-21(6)28(29(37-8)30(32-23)38-9)40-31-27(36)26(35)25(34)22(7)39-31/h10-11,13-14,16,20,22,24-27,31,33-36H,12,15H2,1-9H3/b13-11+,17-14+,18-16+,19-10+/t20-,22+,24+,25-,26-,27-,31-/m0/s1. The third-order valence-corrected chi connectivity index (χ3v) is 7.26. The monoisotopic (exact) mass is 561 g/mol. The van der Waals surface area contributed by atoms with Crippen molar-refractivity contribution in [3.8, 4) is 17.4 Å². The lowest BCUT2D eigenvalue weighted by Crippen LogP contribution is -2.58. The van der Waals surface area contributed by atoms with Crippen LogP contribution in [0, 0.1) is 12.8 Å². The van der Waals surface area contributed by atoms with Gasteiger partial charge in [-0.25, -0.2) is 4.98 Å². The van der Waals surface area contributed by atoms with E-state index in [-0.39, 0.29) is 23.3 Å². The number of hydrogen-bond acceptors (Lipinski definition) is 9. The average Bonchev–Trinajstić information content (AvgIpc) is 2.93. The van der Waals surface area contributed by atoms with E-state index in [0.29, 0.717) is 17.7 Å². The van der Waals surface area contributed by atoms with Crippen LogP contribution in [0.15, 0.2) is 47.1 Å². The molecule has 2 heterocycles. The first-order valence-corrected chi connectivity index (χ1v) is 13.6. The first kappa shape index (κ1) is 33.5. The smallest absolute Gasteiger partial charge is 0.261 e. The van der Waals surface area contributed by atoms with Crippen LogP contribution in [0.1, 0.15) is 59.2 Å². The molecule has 0 saturated carbocycles. The highest BCUT2D eigenvalue weighted by Gasteiger charge is 2.43. The molecule has 1 saturated heterocycles. The van der Waals surface area contributed by atoms with Crippen LogP contribution in [-0.4, -0.2) is 76.4 Å². The number of pyridine rings is 1. The topological polar surface area (TPSA) is 131 Å². The summed E-state index contributed by atoms with van der Waals surface area (Å²) >= 11 is 0. The Hall–Kier alpha value is -2.69. The van der Waals surface area contributed by atoms with Crippen LogP contribution >= 0.6 is 0 Å². The van der Waals surface area contributed by atoms with Gasteiger partial charge in [0.1, 0.15) is 18.3 Å². The summed E-state index contributed by atoms with van der Waals surface area (Å²) in [6.07, 6.45) is 4.85. The molecule has 0 bridgehead atoms. The van der Waals surface area contributed by atoms with Crippen LogP contribution in [0.25, 0.3) is 0 Å². The number of allylic oxidation sites excluding steroid dienone is 6. The molecule has 0 radical (unpaired) electrons. The maximum Gasteiger partial charge on any atom is 0.261 e. The van der Waals surface area contributed by atoms with Crippen LogP contribution in [-0.2, 0) is 11.2 Å². The van der Waals surface area contributed by atoms with Crippen molar-refractivity contribution in [1.82, 2.24) is 4.98 Å². The molecule has 1 fully saturated rings. The number of hydrogen-bond donors (Lipinski definition) is 4. The van der Waals surface area contributed by atoms with Crippen molar-refractivity contribution in [2.24, 2.45) is 5.92 Å². The zero-order chi connectivity index (χ0) is 30.1. The second-order valence-electron chi connectivity index (χ2n) is 10.5. The molecule has 0 unspecified atom stereocenters. The molecule has 40 heavy (non-hydrogen) atoms. The minimum atomic E-state index is -1.47. The van der Waals surface area contributed by atoms with Crippen LogP contribution in [0.5, 0.6) is 17.4 Å². The van der Waals surface area contributed by atoms with Gasteiger partial charge >= 0.3 is 0 Å². The van der Waals surface area contributed by atoms with Gasteiger partial charge in [0, 0.05) is 17.9 Å². The Morgan fingerprint density at radius 3 is 2.33 bits per heavy atom. The Bertz CT molecular complexity index is 1110. The minimum Gasteiger partial charge on any atom is -0.489 e. The zero-order valence-corrected chi connectivity index (χ0v) is 25.2. The second-order valence-corrected chi connectivity index (χ2v) is 10.5. The van der Waals surface area contributed by atoms with Crippen molar-refractivity contribution >= 4 is 0 Å². The number of rotatable bonds is 12. The van der Waals surface area contributed by atoms with Crippen molar-refractivity contribution in [2.75, 3.05) is 14.2 Å². The van der Waals surface area contributed by atoms with Gasteiger partial charge in [-0.05, 0) is 53.5 Å². The Balaban J connectivity index is 2.20. The highest BCUT2D eigenvalue weighted by atomic mass is 16.7. The minimum absolute atomic E-state index is 0.0182. The number of aromatic nitrogens is 1. The molecular weight excluding hydrogens is 514 g/mol. The number of nitrogens with zero attached hydrogens (tertiary/aromatic N) is 1. The maximum absolute atomic E-state index is 10.5. The number of aliphatic hydroxyl groups excluding tert-OH is 4. The summed E-state index contributed by atoms with van der Waals surface area (Å²) < 4.78 is 22.6. The maximum atomic E-state index is 10.5. The van der Waals surface area contributed by atoms with Crippen LogP contribution < -0.4 is 14.2 Å². The quantitative estimate of drug-likeness (QED) is 0.221. The van der Waals surface area contributed by atoms with Gasteiger partial charge in [-0.15, -0.1) is 0 Å². The summed E-state index contributed by atoms with van der Waals surface area (Å²) in [4.78, 5) is 4.61. The Labute approximate surface area is 238 Å². The van der Waals surface area contributed by atoms with E-state index in [1.807, 2.05) is 47.6 Å². The molecule has 0 spiro atoms. The van der Waals surface area contributed by atoms with Gasteiger partial charge in [0.15, 0.2) is 5.75 Å². The lowest BCUT2D eigenvalue weighted by Gasteiger charge is -2.39. The molecule has 7 atom stereocenters. The van der Waals surface area contributed by atoms with Crippen molar-refractivity contribution in [2.45, 2.75) is 98.1 Å². The molecule has 0 amide bonds. The molecule has 1 aliphatic heterocycles. The molecule has 4 N–H and O–H groups in total. The number of aliphatic hydroxyl groups is 4. The van der Waals surface area contributed by atoms with Gasteiger partial charge in [0.2, 0.25) is 12.0 Å². The van der Waals surface area contributed by atoms with E-state index >= 15 is 0 Å². The van der Waals surface area contributed by atoms with E-state index in [4.69, 9.17) is 18.9 Å². The van der Waals surface area contributed by atoms with Gasteiger partial charge in [0.25, 0.3) is 5.88 Å². The fourth-order valence-electron chi connectivity index (χ4n) is 4.47. The fourth-order valence-corrected chi connectivity index (χ4v) is 4.47. The molecule has 2 rings (SSSR count). The largest absolute Gasteiger partial charge is 0.489 e. The van der Waals surface area contributed by atoms with E-state index < -0.39 is 36.8 Å². The second kappa shape index (κ2) is 15.3. The van der Waals surface area contributed by atoms with Crippen LogP contribution in [0.2, 0.25) is 0 Å². The predicted octanol–water partition coefficient (Wildman–Crippen LogP) is 3.96. The highest BCUT2D eigenvalue weighted by Crippen LogP contribution is 2.41. The Morgan fingerprint density at radius 1 is 1.05 bits per heavy atom. The summed E-state index contributed by atoms with van der Waals surface area (Å²) in [6.45, 7) is 13.3. The Kier molecular flexibility index (Phi) is 12.9. The van der Waals surface area contributed by atoms with E-state index in [9.17, 15) is 20.4 Å². The third-order valence-electron chi connectivity index (χ3n) is 7.26. The van der Waals surface area contributed by atoms with E-state index in [0.717, 1.165) is 23.1 Å². The summed E-state index contributed by atoms with van der Waals surface area (Å²) in [5, 5.41) is 41.0. The molecule has 0 aromatic carbocycles. The normalized spacial score (nSPS) is 26.1. The van der Waals surface area contributed by atoms with E-state index in [1.165, 1.54) is 14.2 Å². The van der Waals surface area contributed by atoms with Crippen LogP contribution in [0.4, 0.5) is 0 Å². The van der Waals surface area contributed by atoms with Crippen LogP contribution in [0.3, 0.4) is 0 Å². The first-order valence-electron chi connectivity index (χ1n) is 13.6. The molecule has 9 nitrogen and oxygen atoms in total. The SMILES string of the molecule is C/C=C(\C)[C@@H](O)[C@@H](C)/C=C(C)/C=C/C/C(C)=C/Cc1nc(OC)c(OC)c(O[C@@H]2O[C@H](C)[C@H](O)[C@H](O)[C@@H]2O)c1C. The van der Waals surface area contributed by atoms with Crippen molar-refractivity contribution in [3.63, 3.8) is 0 Å². The molecular formula is C31H47NO8. The predicted molar refractivity (Wildman–Crippen MR) is 155 cm³/mol. The molecule has 0 aliphatic carbocycles. The number of ether oxygens (including phenoxy) is 4. The number of methoxy groups -OCH3 is 2. The van der Waals surface area contributed by atoms with Gasteiger partial charge in [-0.3, -0.25) is 0 Å². The van der Waals surface area contributed by atoms with Crippen molar-refractivity contribution < 1.29 is 39.4 Å². The van der Waals surface area contributed by atoms with Gasteiger partial charge < -0.3 is 39.4 Å². The third kappa shape index (κ3) is 8.41. The molecule has 1 aromatic rings. The molecule has 9 heteroatoms. The van der Waals surface area contributed by atoms with Gasteiger partial charge in [0.05, 0.1) is 32.1 Å². The molecule has 1 aliphatic rings. The lowest BCUT2D eigenvalue weighted by molar-refractivity contribution is -0.268. The molecule has 224 valence electrons. The van der Waals surface area contributed by atoms with Gasteiger partial charge in [-0.1, -0.05) is 48.5 Å². The highest BCUT2D eigenvalue weighted by molar-refractivity contribution is 5.54. The summed E-state index contributed by atoms with van der Waals surface area (Å²) in [5.74, 6) is 0.751. The zero-order valence-electron chi connectivity index (χ0n) is 25.2. The summed E-state index contributed by atoms with van der Waals surface area (Å²) in [6, 6.07) is 0. The van der Waals surface area contributed by atoms with E-state index in [2.05, 4.69) is 29.3 Å². The first-order chi connectivity index (χ1) is 18.9. The lowest BCUT2D eigenvalue weighted by atomic mass is 9.96. The van der Waals surface area contributed by atoms with Gasteiger partial charge in [-0.2, -0.15) is 0 Å². The average molecular weight is 562 g/mol. The van der Waals surface area contributed by atoms with Crippen molar-refractivity contribution in [3.05, 3.63) is 58.4 Å². The van der Waals surface area contributed by atoms with E-state index in [1.54, 1.807) is 6.92 Å². The van der Waals surface area contributed by atoms with Crippen molar-refractivity contribution in [1.29, 1.82) is 0 Å². The Morgan fingerprint density at radius 2 is 1.73 bits per heavy atom. The summed E-state index contributed by atoms with van der Waals surface area (Å²) in [7, 11) is 2.93. The fraction of sp³-hybridized carbons (Fsp3) is 0.581.